The lowest BCUT2D eigenvalue weighted by molar-refractivity contribution is 0.326. The van der Waals surface area contributed by atoms with Crippen LogP contribution in [0.3, 0.4) is 0 Å². The van der Waals surface area contributed by atoms with Gasteiger partial charge in [0.05, 0.1) is 16.3 Å². The van der Waals surface area contributed by atoms with Crippen molar-refractivity contribution in [2.75, 3.05) is 45.8 Å². The third-order valence-electron chi connectivity index (χ3n) is 3.27. The maximum absolute atomic E-state index is 12.1. The molecule has 1 aromatic rings. The average molecular weight is 300 g/mol. The van der Waals surface area contributed by atoms with Crippen LogP contribution in [0.4, 0.5) is 11.4 Å². The summed E-state index contributed by atoms with van der Waals surface area (Å²) in [6, 6.07) is 5.01. The highest BCUT2D eigenvalue weighted by Crippen LogP contribution is 2.24. The third kappa shape index (κ3) is 3.84. The predicted molar refractivity (Wildman–Crippen MR) is 83.4 cm³/mol. The van der Waals surface area contributed by atoms with Crippen molar-refractivity contribution in [2.45, 2.75) is 17.9 Å². The summed E-state index contributed by atoms with van der Waals surface area (Å²) < 4.78 is 25.4. The van der Waals surface area contributed by atoms with Gasteiger partial charge in [-0.15, -0.1) is 0 Å². The number of nitrogens with one attached hydrogen (secondary N) is 1. The van der Waals surface area contributed by atoms with Crippen LogP contribution in [0.5, 0.6) is 0 Å². The van der Waals surface area contributed by atoms with E-state index in [1.165, 1.54) is 24.5 Å². The van der Waals surface area contributed by atoms with E-state index >= 15 is 0 Å². The van der Waals surface area contributed by atoms with Gasteiger partial charge in [-0.1, -0.05) is 0 Å². The normalized spacial score (nSPS) is 13.8. The molecule has 1 rings (SSSR count). The lowest BCUT2D eigenvalue weighted by atomic mass is 10.2. The average Bonchev–Trinajstić information content (AvgIpc) is 2.36. The molecule has 0 radical (unpaired) electrons. The first kappa shape index (κ1) is 16.7. The zero-order valence-corrected chi connectivity index (χ0v) is 13.5. The van der Waals surface area contributed by atoms with E-state index in [-0.39, 0.29) is 4.90 Å². The van der Waals surface area contributed by atoms with Crippen molar-refractivity contribution in [3.8, 4) is 0 Å². The van der Waals surface area contributed by atoms with Crippen molar-refractivity contribution in [1.82, 2.24) is 9.21 Å². The second kappa shape index (κ2) is 6.43. The van der Waals surface area contributed by atoms with Gasteiger partial charge in [0.1, 0.15) is 0 Å². The van der Waals surface area contributed by atoms with Crippen LogP contribution >= 0.6 is 0 Å². The monoisotopic (exact) mass is 300 g/mol. The van der Waals surface area contributed by atoms with Gasteiger partial charge in [0.15, 0.2) is 0 Å². The molecular weight excluding hydrogens is 276 g/mol. The maximum Gasteiger partial charge on any atom is 0.242 e. The van der Waals surface area contributed by atoms with Gasteiger partial charge >= 0.3 is 0 Å². The number of sulfonamides is 1. The lowest BCUT2D eigenvalue weighted by Gasteiger charge is -2.21. The molecule has 0 saturated heterocycles. The molecule has 1 unspecified atom stereocenters. The van der Waals surface area contributed by atoms with Gasteiger partial charge in [-0.25, -0.2) is 12.7 Å². The molecule has 0 bridgehead atoms. The SMILES string of the molecule is CC(CNc1cc(S(=O)(=O)N(C)C)ccc1N)N(C)C. The quantitative estimate of drug-likeness (QED) is 0.763. The number of hydrogen-bond acceptors (Lipinski definition) is 5. The first-order chi connectivity index (χ1) is 9.16. The minimum absolute atomic E-state index is 0.233. The molecule has 0 amide bonds. The van der Waals surface area contributed by atoms with E-state index in [9.17, 15) is 8.42 Å². The van der Waals surface area contributed by atoms with E-state index < -0.39 is 10.0 Å². The van der Waals surface area contributed by atoms with E-state index in [1.807, 2.05) is 14.1 Å². The molecule has 0 aliphatic heterocycles. The highest BCUT2D eigenvalue weighted by Gasteiger charge is 2.18. The Kier molecular flexibility index (Phi) is 5.38. The topological polar surface area (TPSA) is 78.7 Å². The molecule has 0 heterocycles. The van der Waals surface area contributed by atoms with Crippen LogP contribution in [0.15, 0.2) is 23.1 Å². The molecule has 0 aliphatic carbocycles. The van der Waals surface area contributed by atoms with Gasteiger partial charge in [-0.05, 0) is 39.2 Å². The largest absolute Gasteiger partial charge is 0.397 e. The van der Waals surface area contributed by atoms with Crippen LogP contribution < -0.4 is 11.1 Å². The number of rotatable bonds is 6. The Labute approximate surface area is 121 Å². The van der Waals surface area contributed by atoms with E-state index in [0.717, 1.165) is 0 Å². The van der Waals surface area contributed by atoms with Gasteiger partial charge < -0.3 is 16.0 Å². The predicted octanol–water partition coefficient (Wildman–Crippen LogP) is 0.881. The number of anilines is 2. The Bertz CT molecular complexity index is 555. The molecule has 3 N–H and O–H groups in total. The van der Waals surface area contributed by atoms with Gasteiger partial charge in [-0.2, -0.15) is 0 Å². The first-order valence-electron chi connectivity index (χ1n) is 6.38. The fourth-order valence-corrected chi connectivity index (χ4v) is 2.43. The number of nitrogen functional groups attached to an aromatic ring is 1. The van der Waals surface area contributed by atoms with Crippen molar-refractivity contribution in [2.24, 2.45) is 0 Å². The van der Waals surface area contributed by atoms with Crippen molar-refractivity contribution in [1.29, 1.82) is 0 Å². The van der Waals surface area contributed by atoms with Gasteiger partial charge in [0, 0.05) is 26.7 Å². The fraction of sp³-hybridized carbons (Fsp3) is 0.538. The highest BCUT2D eigenvalue weighted by atomic mass is 32.2. The molecule has 0 spiro atoms. The first-order valence-corrected chi connectivity index (χ1v) is 7.82. The fourth-order valence-electron chi connectivity index (χ4n) is 1.50. The Hall–Kier alpha value is -1.31. The Balaban J connectivity index is 2.99. The molecule has 7 heteroatoms. The summed E-state index contributed by atoms with van der Waals surface area (Å²) in [5.41, 5.74) is 7.06. The van der Waals surface area contributed by atoms with Gasteiger partial charge in [0.2, 0.25) is 10.0 Å². The summed E-state index contributed by atoms with van der Waals surface area (Å²) in [6.45, 7) is 2.76. The summed E-state index contributed by atoms with van der Waals surface area (Å²) in [6.07, 6.45) is 0. The molecular formula is C13H24N4O2S. The van der Waals surface area contributed by atoms with E-state index in [0.29, 0.717) is 24.0 Å². The second-order valence-corrected chi connectivity index (χ2v) is 7.38. The maximum atomic E-state index is 12.1. The third-order valence-corrected chi connectivity index (χ3v) is 5.08. The molecule has 6 nitrogen and oxygen atoms in total. The molecule has 0 aromatic heterocycles. The molecule has 0 saturated carbocycles. The molecule has 1 aromatic carbocycles. The van der Waals surface area contributed by atoms with Crippen LogP contribution in [-0.2, 0) is 10.0 Å². The van der Waals surface area contributed by atoms with Crippen LogP contribution in [0, 0.1) is 0 Å². The minimum Gasteiger partial charge on any atom is -0.397 e. The van der Waals surface area contributed by atoms with Crippen LogP contribution in [0.1, 0.15) is 6.92 Å². The number of benzene rings is 1. The van der Waals surface area contributed by atoms with E-state index in [4.69, 9.17) is 5.73 Å². The Morgan fingerprint density at radius 3 is 2.35 bits per heavy atom. The van der Waals surface area contributed by atoms with Crippen molar-refractivity contribution in [3.63, 3.8) is 0 Å². The molecule has 0 aliphatic rings. The number of nitrogens with zero attached hydrogens (tertiary/aromatic N) is 2. The van der Waals surface area contributed by atoms with E-state index in [1.54, 1.807) is 12.1 Å². The standard InChI is InChI=1S/C13H24N4O2S/c1-10(16(2)3)9-15-13-8-11(6-7-12(13)14)20(18,19)17(4)5/h6-8,10,15H,9,14H2,1-5H3. The van der Waals surface area contributed by atoms with Gasteiger partial charge in [-0.3, -0.25) is 0 Å². The van der Waals surface area contributed by atoms with Crippen molar-refractivity contribution < 1.29 is 8.42 Å². The van der Waals surface area contributed by atoms with Crippen LogP contribution in [0.25, 0.3) is 0 Å². The Morgan fingerprint density at radius 2 is 1.85 bits per heavy atom. The molecule has 114 valence electrons. The summed E-state index contributed by atoms with van der Waals surface area (Å²) >= 11 is 0. The lowest BCUT2D eigenvalue weighted by Crippen LogP contribution is -2.31. The number of hydrogen-bond donors (Lipinski definition) is 2. The summed E-state index contributed by atoms with van der Waals surface area (Å²) in [7, 11) is 3.55. The van der Waals surface area contributed by atoms with E-state index in [2.05, 4.69) is 17.1 Å². The Morgan fingerprint density at radius 1 is 1.25 bits per heavy atom. The van der Waals surface area contributed by atoms with Gasteiger partial charge in [0.25, 0.3) is 0 Å². The number of likely N-dealkylation sites (N-methyl/N-ethyl adjacent to an activating group) is 1. The minimum atomic E-state index is -3.44. The smallest absolute Gasteiger partial charge is 0.242 e. The zero-order chi connectivity index (χ0) is 15.5. The molecule has 0 fully saturated rings. The van der Waals surface area contributed by atoms with Crippen molar-refractivity contribution >= 4 is 21.4 Å². The molecule has 20 heavy (non-hydrogen) atoms. The van der Waals surface area contributed by atoms with Crippen LogP contribution in [-0.4, -0.2) is 58.4 Å². The molecule has 1 atom stereocenters. The highest BCUT2D eigenvalue weighted by molar-refractivity contribution is 7.89. The number of nitrogens with two attached hydrogens (primary N) is 1. The summed E-state index contributed by atoms with van der Waals surface area (Å²) in [4.78, 5) is 2.31. The summed E-state index contributed by atoms with van der Waals surface area (Å²) in [5, 5.41) is 3.20. The second-order valence-electron chi connectivity index (χ2n) is 5.23. The summed E-state index contributed by atoms with van der Waals surface area (Å²) in [5.74, 6) is 0. The van der Waals surface area contributed by atoms with Crippen molar-refractivity contribution in [3.05, 3.63) is 18.2 Å². The van der Waals surface area contributed by atoms with Crippen LogP contribution in [0.2, 0.25) is 0 Å². The zero-order valence-electron chi connectivity index (χ0n) is 12.7.